The molecule has 0 aromatic carbocycles. The summed E-state index contributed by atoms with van der Waals surface area (Å²) in [5.41, 5.74) is 9.71. The number of nitrogens with one attached hydrogen (secondary N) is 3. The summed E-state index contributed by atoms with van der Waals surface area (Å²) in [7, 11) is 0. The standard InChI is InChI=1S/4C10H17N/c1-7(2)9-5-10(8(3)4)11-6-9;1-8(2)10-6-5-7-11(10)9(3)4;1-7(2)9-5-6-11-10(9)8(3)4;1-7(2)9-5-6-10(11-9)8(3)4/h5-8,11H,1-4H3;5-9H,1-4H3;2*5-8,11H,1-4H3. The zero-order chi connectivity index (χ0) is 33.7. The summed E-state index contributed by atoms with van der Waals surface area (Å²) >= 11 is 0. The Hall–Kier alpha value is -2.88. The fourth-order valence-electron chi connectivity index (χ4n) is 4.96. The second kappa shape index (κ2) is 18.8. The van der Waals surface area contributed by atoms with Crippen molar-refractivity contribution in [3.8, 4) is 0 Å². The van der Waals surface area contributed by atoms with Crippen molar-refractivity contribution >= 4 is 0 Å². The van der Waals surface area contributed by atoms with E-state index in [2.05, 4.69) is 179 Å². The molecule has 4 aromatic heterocycles. The molecule has 4 heteroatoms. The second-order valence-electron chi connectivity index (χ2n) is 14.6. The molecule has 4 heterocycles. The molecular formula is C40H68N4. The molecule has 0 aliphatic heterocycles. The van der Waals surface area contributed by atoms with Crippen molar-refractivity contribution in [2.45, 2.75) is 158 Å². The molecule has 44 heavy (non-hydrogen) atoms. The first-order chi connectivity index (χ1) is 20.5. The van der Waals surface area contributed by atoms with E-state index in [9.17, 15) is 0 Å². The van der Waals surface area contributed by atoms with Gasteiger partial charge in [-0.25, -0.2) is 0 Å². The summed E-state index contributed by atoms with van der Waals surface area (Å²) in [6.45, 7) is 35.4. The third-order valence-electron chi connectivity index (χ3n) is 7.96. The Morgan fingerprint density at radius 1 is 0.523 bits per heavy atom. The van der Waals surface area contributed by atoms with Gasteiger partial charge < -0.3 is 19.5 Å². The van der Waals surface area contributed by atoms with Crippen molar-refractivity contribution in [1.82, 2.24) is 19.5 Å². The molecule has 0 aliphatic carbocycles. The van der Waals surface area contributed by atoms with Crippen molar-refractivity contribution in [3.63, 3.8) is 0 Å². The zero-order valence-corrected chi connectivity index (χ0v) is 31.3. The molecular weight excluding hydrogens is 536 g/mol. The Balaban J connectivity index is 0.000000293. The quantitative estimate of drug-likeness (QED) is 0.179. The van der Waals surface area contributed by atoms with E-state index in [-0.39, 0.29) is 0 Å². The Labute approximate surface area is 271 Å². The molecule has 4 rings (SSSR count). The van der Waals surface area contributed by atoms with Crippen LogP contribution in [0.1, 0.15) is 198 Å². The van der Waals surface area contributed by atoms with Gasteiger partial charge in [0.1, 0.15) is 0 Å². The van der Waals surface area contributed by atoms with Crippen LogP contribution in [-0.2, 0) is 0 Å². The maximum absolute atomic E-state index is 3.41. The van der Waals surface area contributed by atoms with E-state index in [1.807, 2.05) is 6.20 Å². The van der Waals surface area contributed by atoms with Crippen molar-refractivity contribution in [2.75, 3.05) is 0 Å². The highest BCUT2D eigenvalue weighted by molar-refractivity contribution is 5.26. The Bertz CT molecular complexity index is 1090. The zero-order valence-electron chi connectivity index (χ0n) is 31.3. The summed E-state index contributed by atoms with van der Waals surface area (Å²) in [5, 5.41) is 0. The summed E-state index contributed by atoms with van der Waals surface area (Å²) in [6.07, 6.45) is 6.30. The van der Waals surface area contributed by atoms with Crippen LogP contribution in [-0.4, -0.2) is 19.5 Å². The normalized spacial score (nSPS) is 11.5. The highest BCUT2D eigenvalue weighted by atomic mass is 15.0. The number of hydrogen-bond donors (Lipinski definition) is 3. The summed E-state index contributed by atoms with van der Waals surface area (Å²) in [6, 6.07) is 13.7. The van der Waals surface area contributed by atoms with Crippen LogP contribution in [0.4, 0.5) is 0 Å². The molecule has 0 radical (unpaired) electrons. The van der Waals surface area contributed by atoms with Crippen LogP contribution in [0.3, 0.4) is 0 Å². The molecule has 0 saturated carbocycles. The number of H-pyrrole nitrogens is 3. The average molecular weight is 605 g/mol. The SMILES string of the molecule is CC(C)c1c[nH]c(C(C)C)c1.CC(C)c1cc[nH]c1C(C)C.CC(C)c1ccc(C(C)C)[nH]1.CC(C)c1cccn1C(C)C. The molecule has 4 nitrogen and oxygen atoms in total. The molecule has 3 N–H and O–H groups in total. The fraction of sp³-hybridized carbons (Fsp3) is 0.600. The smallest absolute Gasteiger partial charge is 0.0276 e. The van der Waals surface area contributed by atoms with E-state index < -0.39 is 0 Å². The van der Waals surface area contributed by atoms with E-state index in [1.54, 1.807) is 0 Å². The third-order valence-corrected chi connectivity index (χ3v) is 7.96. The molecule has 0 amide bonds. The van der Waals surface area contributed by atoms with Gasteiger partial charge in [0.25, 0.3) is 0 Å². The largest absolute Gasteiger partial charge is 0.365 e. The van der Waals surface area contributed by atoms with Crippen LogP contribution in [0.25, 0.3) is 0 Å². The van der Waals surface area contributed by atoms with Crippen LogP contribution in [0, 0.1) is 0 Å². The van der Waals surface area contributed by atoms with Gasteiger partial charge in [0.2, 0.25) is 0 Å². The lowest BCUT2D eigenvalue weighted by Gasteiger charge is -2.14. The van der Waals surface area contributed by atoms with Gasteiger partial charge in [-0.1, -0.05) is 96.9 Å². The molecule has 0 unspecified atom stereocenters. The van der Waals surface area contributed by atoms with Gasteiger partial charge in [-0.15, -0.1) is 0 Å². The van der Waals surface area contributed by atoms with E-state index in [0.717, 1.165) is 0 Å². The maximum Gasteiger partial charge on any atom is 0.0276 e. The highest BCUT2D eigenvalue weighted by Crippen LogP contribution is 2.24. The van der Waals surface area contributed by atoms with Gasteiger partial charge in [0.05, 0.1) is 0 Å². The fourth-order valence-corrected chi connectivity index (χ4v) is 4.96. The van der Waals surface area contributed by atoms with Gasteiger partial charge in [-0.2, -0.15) is 0 Å². The Morgan fingerprint density at radius 2 is 1.07 bits per heavy atom. The summed E-state index contributed by atoms with van der Waals surface area (Å²) in [4.78, 5) is 9.99. The lowest BCUT2D eigenvalue weighted by molar-refractivity contribution is 0.560. The lowest BCUT2D eigenvalue weighted by Crippen LogP contribution is -2.04. The van der Waals surface area contributed by atoms with Crippen LogP contribution >= 0.6 is 0 Å². The first-order valence-electron chi connectivity index (χ1n) is 17.2. The average Bonchev–Trinajstić information content (AvgIpc) is 3.75. The van der Waals surface area contributed by atoms with E-state index in [4.69, 9.17) is 0 Å². The van der Waals surface area contributed by atoms with Crippen LogP contribution in [0.2, 0.25) is 0 Å². The monoisotopic (exact) mass is 605 g/mol. The lowest BCUT2D eigenvalue weighted by atomic mass is 9.98. The van der Waals surface area contributed by atoms with Gasteiger partial charge in [0, 0.05) is 53.1 Å². The van der Waals surface area contributed by atoms with Crippen molar-refractivity contribution < 1.29 is 0 Å². The van der Waals surface area contributed by atoms with E-state index >= 15 is 0 Å². The van der Waals surface area contributed by atoms with Gasteiger partial charge in [0.15, 0.2) is 0 Å². The number of aromatic nitrogens is 4. The molecule has 4 aromatic rings. The van der Waals surface area contributed by atoms with Crippen molar-refractivity contribution in [1.29, 1.82) is 0 Å². The van der Waals surface area contributed by atoms with Crippen LogP contribution in [0.15, 0.2) is 55.0 Å². The predicted octanol–water partition coefficient (Wildman–Crippen LogP) is 13.0. The number of hydrogen-bond acceptors (Lipinski definition) is 0. The van der Waals surface area contributed by atoms with Gasteiger partial charge in [-0.05, 0) is 103 Å². The van der Waals surface area contributed by atoms with Crippen LogP contribution in [0.5, 0.6) is 0 Å². The number of aromatic amines is 3. The highest BCUT2D eigenvalue weighted by Gasteiger charge is 2.10. The summed E-state index contributed by atoms with van der Waals surface area (Å²) in [5.74, 6) is 4.36. The first kappa shape index (κ1) is 39.1. The Kier molecular flexibility index (Phi) is 16.7. The van der Waals surface area contributed by atoms with Crippen molar-refractivity contribution in [2.24, 2.45) is 0 Å². The minimum atomic E-state index is 0.586. The molecule has 0 fully saturated rings. The number of rotatable bonds is 8. The van der Waals surface area contributed by atoms with E-state index in [1.165, 1.54) is 39.6 Å². The molecule has 0 aliphatic rings. The first-order valence-corrected chi connectivity index (χ1v) is 17.2. The second-order valence-corrected chi connectivity index (χ2v) is 14.6. The van der Waals surface area contributed by atoms with Gasteiger partial charge in [-0.3, -0.25) is 0 Å². The summed E-state index contributed by atoms with van der Waals surface area (Å²) < 4.78 is 2.32. The molecule has 0 saturated heterocycles. The predicted molar refractivity (Wildman–Crippen MR) is 196 cm³/mol. The Morgan fingerprint density at radius 3 is 1.36 bits per heavy atom. The van der Waals surface area contributed by atoms with Crippen molar-refractivity contribution in [3.05, 3.63) is 94.6 Å². The third kappa shape index (κ3) is 12.6. The number of nitrogens with zero attached hydrogens (tertiary/aromatic N) is 1. The molecule has 248 valence electrons. The molecule has 0 bridgehead atoms. The van der Waals surface area contributed by atoms with Gasteiger partial charge >= 0.3 is 0 Å². The topological polar surface area (TPSA) is 52.3 Å². The minimum absolute atomic E-state index is 0.586. The van der Waals surface area contributed by atoms with Crippen LogP contribution < -0.4 is 0 Å². The van der Waals surface area contributed by atoms with E-state index in [0.29, 0.717) is 47.5 Å². The minimum Gasteiger partial charge on any atom is -0.365 e. The molecule has 0 spiro atoms. The molecule has 0 atom stereocenters. The maximum atomic E-state index is 3.41.